The summed E-state index contributed by atoms with van der Waals surface area (Å²) in [6, 6.07) is 9.18. The van der Waals surface area contributed by atoms with E-state index in [1.807, 2.05) is 36.9 Å². The fourth-order valence-electron chi connectivity index (χ4n) is 1.88. The van der Waals surface area contributed by atoms with Crippen LogP contribution in [0.15, 0.2) is 35.4 Å². The molecule has 94 valence electrons. The van der Waals surface area contributed by atoms with Gasteiger partial charge in [-0.3, -0.25) is 10.2 Å². The van der Waals surface area contributed by atoms with Gasteiger partial charge in [-0.05, 0) is 26.0 Å². The van der Waals surface area contributed by atoms with Crippen molar-refractivity contribution in [2.75, 3.05) is 18.1 Å². The highest BCUT2D eigenvalue weighted by molar-refractivity contribution is 6.70. The zero-order valence-electron chi connectivity index (χ0n) is 10.6. The lowest BCUT2D eigenvalue weighted by Crippen LogP contribution is -2.36. The summed E-state index contributed by atoms with van der Waals surface area (Å²) in [7, 11) is 0. The van der Waals surface area contributed by atoms with E-state index in [2.05, 4.69) is 5.10 Å². The van der Waals surface area contributed by atoms with Crippen LogP contribution < -0.4 is 5.01 Å². The summed E-state index contributed by atoms with van der Waals surface area (Å²) in [4.78, 5) is 13.9. The molecular formula is C13H16N4O. The second kappa shape index (κ2) is 5.00. The Bertz CT molecular complexity index is 491. The molecule has 0 saturated heterocycles. The largest absolute Gasteiger partial charge is 0.354 e. The molecule has 0 bridgehead atoms. The molecule has 0 spiro atoms. The summed E-state index contributed by atoms with van der Waals surface area (Å²) in [5.41, 5.74) is 0.650. The highest BCUT2D eigenvalue weighted by Gasteiger charge is 2.33. The Morgan fingerprint density at radius 3 is 2.39 bits per heavy atom. The van der Waals surface area contributed by atoms with Crippen LogP contribution in [0.25, 0.3) is 0 Å². The van der Waals surface area contributed by atoms with Crippen molar-refractivity contribution in [3.63, 3.8) is 0 Å². The number of nitrogens with zero attached hydrogens (tertiary/aromatic N) is 3. The third kappa shape index (κ3) is 1.99. The van der Waals surface area contributed by atoms with Gasteiger partial charge in [0.15, 0.2) is 11.5 Å². The van der Waals surface area contributed by atoms with Crippen LogP contribution in [-0.4, -0.2) is 35.4 Å². The second-order valence-electron chi connectivity index (χ2n) is 3.92. The molecule has 0 radical (unpaired) electrons. The Morgan fingerprint density at radius 2 is 1.83 bits per heavy atom. The number of carbonyl (C=O) groups is 1. The maximum Gasteiger partial charge on any atom is 0.300 e. The van der Waals surface area contributed by atoms with Gasteiger partial charge in [0, 0.05) is 13.1 Å². The van der Waals surface area contributed by atoms with Crippen LogP contribution in [0.1, 0.15) is 13.8 Å². The molecule has 0 aliphatic carbocycles. The van der Waals surface area contributed by atoms with Gasteiger partial charge in [0.25, 0.3) is 0 Å². The normalized spacial score (nSPS) is 15.0. The molecule has 0 fully saturated rings. The molecular weight excluding hydrogens is 228 g/mol. The van der Waals surface area contributed by atoms with Crippen LogP contribution in [0.5, 0.6) is 0 Å². The number of carbonyl (C=O) groups excluding carboxylic acids is 1. The number of hydrogen-bond acceptors (Lipinski definition) is 4. The van der Waals surface area contributed by atoms with E-state index in [1.165, 1.54) is 5.01 Å². The minimum atomic E-state index is -0.372. The second-order valence-corrected chi connectivity index (χ2v) is 3.92. The molecule has 0 unspecified atom stereocenters. The van der Waals surface area contributed by atoms with E-state index in [1.54, 1.807) is 12.1 Å². The number of para-hydroxylation sites is 1. The number of nitrogens with one attached hydrogen (secondary N) is 1. The van der Waals surface area contributed by atoms with Crippen molar-refractivity contribution in [2.45, 2.75) is 13.8 Å². The average Bonchev–Trinajstić information content (AvgIpc) is 2.70. The van der Waals surface area contributed by atoms with Gasteiger partial charge < -0.3 is 4.90 Å². The van der Waals surface area contributed by atoms with E-state index in [0.717, 1.165) is 13.1 Å². The summed E-state index contributed by atoms with van der Waals surface area (Å²) in [6.45, 7) is 5.42. The third-order valence-corrected chi connectivity index (χ3v) is 2.89. The molecule has 1 aromatic rings. The minimum Gasteiger partial charge on any atom is -0.354 e. The number of hydrogen-bond donors (Lipinski definition) is 1. The number of rotatable bonds is 3. The van der Waals surface area contributed by atoms with Crippen molar-refractivity contribution in [3.05, 3.63) is 30.3 Å². The predicted octanol–water partition coefficient (Wildman–Crippen LogP) is 1.71. The molecule has 1 N–H and O–H groups in total. The molecule has 1 aliphatic heterocycles. The Balaban J connectivity index is 2.34. The van der Waals surface area contributed by atoms with Crippen LogP contribution in [-0.2, 0) is 4.79 Å². The number of anilines is 1. The van der Waals surface area contributed by atoms with Gasteiger partial charge in [-0.2, -0.15) is 5.01 Å². The van der Waals surface area contributed by atoms with Gasteiger partial charge in [-0.1, -0.05) is 18.2 Å². The smallest absolute Gasteiger partial charge is 0.300 e. The quantitative estimate of drug-likeness (QED) is 0.879. The molecule has 18 heavy (non-hydrogen) atoms. The Labute approximate surface area is 106 Å². The van der Waals surface area contributed by atoms with Gasteiger partial charge in [-0.15, -0.1) is 5.10 Å². The first-order valence-corrected chi connectivity index (χ1v) is 6.01. The SMILES string of the molecule is CCN(CC)C1=NN(c2ccccc2)C(=O)C1=N. The number of amidine groups is 1. The van der Waals surface area contributed by atoms with Crippen molar-refractivity contribution < 1.29 is 4.79 Å². The molecule has 1 heterocycles. The molecule has 5 heteroatoms. The lowest BCUT2D eigenvalue weighted by molar-refractivity contribution is -0.112. The van der Waals surface area contributed by atoms with Crippen LogP contribution in [0.3, 0.4) is 0 Å². The Kier molecular flexibility index (Phi) is 3.41. The van der Waals surface area contributed by atoms with Gasteiger partial charge in [0.2, 0.25) is 0 Å². The molecule has 0 aromatic heterocycles. The number of amides is 1. The van der Waals surface area contributed by atoms with E-state index in [-0.39, 0.29) is 11.6 Å². The fraction of sp³-hybridized carbons (Fsp3) is 0.308. The molecule has 5 nitrogen and oxygen atoms in total. The highest BCUT2D eigenvalue weighted by Crippen LogP contribution is 2.19. The Hall–Kier alpha value is -2.17. The number of hydrazone groups is 1. The Morgan fingerprint density at radius 1 is 1.22 bits per heavy atom. The minimum absolute atomic E-state index is 0.0393. The van der Waals surface area contributed by atoms with Crippen molar-refractivity contribution in [3.8, 4) is 0 Å². The van der Waals surface area contributed by atoms with E-state index < -0.39 is 0 Å². The molecule has 0 saturated carbocycles. The van der Waals surface area contributed by atoms with Gasteiger partial charge >= 0.3 is 5.91 Å². The molecule has 2 rings (SSSR count). The fourth-order valence-corrected chi connectivity index (χ4v) is 1.88. The maximum atomic E-state index is 12.0. The molecule has 0 atom stereocenters. The first-order chi connectivity index (χ1) is 8.69. The van der Waals surface area contributed by atoms with Crippen molar-refractivity contribution in [1.29, 1.82) is 5.41 Å². The summed E-state index contributed by atoms with van der Waals surface area (Å²) < 4.78 is 0. The van der Waals surface area contributed by atoms with Crippen LogP contribution in [0.4, 0.5) is 5.69 Å². The standard InChI is InChI=1S/C13H16N4O/c1-3-16(4-2)12-11(14)13(18)17(15-12)10-8-6-5-7-9-10/h5-9,14H,3-4H2,1-2H3. The van der Waals surface area contributed by atoms with Crippen molar-refractivity contribution in [2.24, 2.45) is 5.10 Å². The monoisotopic (exact) mass is 244 g/mol. The van der Waals surface area contributed by atoms with E-state index in [0.29, 0.717) is 11.5 Å². The predicted molar refractivity (Wildman–Crippen MR) is 72.0 cm³/mol. The van der Waals surface area contributed by atoms with E-state index in [9.17, 15) is 4.79 Å². The van der Waals surface area contributed by atoms with E-state index >= 15 is 0 Å². The first kappa shape index (κ1) is 12.3. The summed E-state index contributed by atoms with van der Waals surface area (Å²) >= 11 is 0. The van der Waals surface area contributed by atoms with Crippen LogP contribution >= 0.6 is 0 Å². The first-order valence-electron chi connectivity index (χ1n) is 6.01. The lowest BCUT2D eigenvalue weighted by atomic mass is 10.2. The van der Waals surface area contributed by atoms with Crippen molar-refractivity contribution in [1.82, 2.24) is 4.90 Å². The van der Waals surface area contributed by atoms with Crippen LogP contribution in [0, 0.1) is 5.41 Å². The van der Waals surface area contributed by atoms with E-state index in [4.69, 9.17) is 5.41 Å². The van der Waals surface area contributed by atoms with Gasteiger partial charge in [0.05, 0.1) is 5.69 Å². The third-order valence-electron chi connectivity index (χ3n) is 2.89. The highest BCUT2D eigenvalue weighted by atomic mass is 16.2. The molecule has 1 amide bonds. The van der Waals surface area contributed by atoms with Gasteiger partial charge in [0.1, 0.15) is 0 Å². The average molecular weight is 244 g/mol. The summed E-state index contributed by atoms with van der Waals surface area (Å²) in [6.07, 6.45) is 0. The van der Waals surface area contributed by atoms with Crippen LogP contribution in [0.2, 0.25) is 0 Å². The zero-order chi connectivity index (χ0) is 13.1. The maximum absolute atomic E-state index is 12.0. The lowest BCUT2D eigenvalue weighted by Gasteiger charge is -2.18. The topological polar surface area (TPSA) is 59.8 Å². The summed E-state index contributed by atoms with van der Waals surface area (Å²) in [5, 5.41) is 13.4. The van der Waals surface area contributed by atoms with Crippen molar-refractivity contribution >= 4 is 23.1 Å². The molecule has 1 aliphatic rings. The van der Waals surface area contributed by atoms with Gasteiger partial charge in [-0.25, -0.2) is 0 Å². The summed E-state index contributed by atoms with van der Waals surface area (Å²) in [5.74, 6) is 0.0805. The zero-order valence-corrected chi connectivity index (χ0v) is 10.6. The number of benzene rings is 1. The molecule has 1 aromatic carbocycles.